The lowest BCUT2D eigenvalue weighted by Gasteiger charge is -2.03. The molecule has 0 bridgehead atoms. The minimum absolute atomic E-state index is 0.182. The highest BCUT2D eigenvalue weighted by atomic mass is 16.6. The summed E-state index contributed by atoms with van der Waals surface area (Å²) in [5.41, 5.74) is 1.73. The van der Waals surface area contributed by atoms with Crippen LogP contribution in [0.5, 0.6) is 0 Å². The number of nitrogens with zero attached hydrogens (tertiary/aromatic N) is 1. The van der Waals surface area contributed by atoms with Crippen LogP contribution < -0.4 is 0 Å². The molecule has 0 amide bonds. The van der Waals surface area contributed by atoms with E-state index in [4.69, 9.17) is 4.84 Å². The fourth-order valence-electron chi connectivity index (χ4n) is 1.23. The van der Waals surface area contributed by atoms with E-state index in [0.717, 1.165) is 5.56 Å². The first-order valence-corrected chi connectivity index (χ1v) is 5.54. The molecular formula is C13H17NO3. The number of benzene rings is 1. The van der Waals surface area contributed by atoms with E-state index < -0.39 is 0 Å². The van der Waals surface area contributed by atoms with Crippen molar-refractivity contribution in [1.29, 1.82) is 0 Å². The summed E-state index contributed by atoms with van der Waals surface area (Å²) in [5, 5.41) is 3.94. The topological polar surface area (TPSA) is 47.9 Å². The third-order valence-corrected chi connectivity index (χ3v) is 2.25. The van der Waals surface area contributed by atoms with E-state index in [-0.39, 0.29) is 12.4 Å². The molecule has 0 heterocycles. The van der Waals surface area contributed by atoms with Crippen molar-refractivity contribution in [3.63, 3.8) is 0 Å². The highest BCUT2D eigenvalue weighted by Crippen LogP contribution is 2.02. The second-order valence-corrected chi connectivity index (χ2v) is 3.52. The van der Waals surface area contributed by atoms with Gasteiger partial charge in [0.25, 0.3) is 0 Å². The van der Waals surface area contributed by atoms with E-state index in [1.807, 2.05) is 37.3 Å². The lowest BCUT2D eigenvalue weighted by atomic mass is 10.2. The SMILES string of the molecule is CCC(CC(=O)OC)=NOCc1ccccc1. The van der Waals surface area contributed by atoms with E-state index in [9.17, 15) is 4.79 Å². The summed E-state index contributed by atoms with van der Waals surface area (Å²) in [4.78, 5) is 16.3. The summed E-state index contributed by atoms with van der Waals surface area (Å²) >= 11 is 0. The Morgan fingerprint density at radius 3 is 2.59 bits per heavy atom. The Bertz CT molecular complexity index is 374. The van der Waals surface area contributed by atoms with Crippen LogP contribution in [-0.2, 0) is 21.0 Å². The van der Waals surface area contributed by atoms with Gasteiger partial charge in [0.2, 0.25) is 0 Å². The molecule has 0 atom stereocenters. The van der Waals surface area contributed by atoms with Gasteiger partial charge in [-0.3, -0.25) is 4.79 Å². The predicted molar refractivity (Wildman–Crippen MR) is 65.6 cm³/mol. The maximum Gasteiger partial charge on any atom is 0.311 e. The Hall–Kier alpha value is -1.84. The van der Waals surface area contributed by atoms with Gasteiger partial charge < -0.3 is 9.57 Å². The molecule has 0 aliphatic carbocycles. The summed E-state index contributed by atoms with van der Waals surface area (Å²) in [6.07, 6.45) is 0.853. The van der Waals surface area contributed by atoms with Crippen molar-refractivity contribution in [3.8, 4) is 0 Å². The fraction of sp³-hybridized carbons (Fsp3) is 0.385. The molecule has 1 aromatic carbocycles. The zero-order valence-electron chi connectivity index (χ0n) is 10.2. The molecule has 0 fully saturated rings. The van der Waals surface area contributed by atoms with Crippen molar-refractivity contribution in [2.45, 2.75) is 26.4 Å². The summed E-state index contributed by atoms with van der Waals surface area (Å²) in [7, 11) is 1.36. The van der Waals surface area contributed by atoms with Gasteiger partial charge in [0, 0.05) is 0 Å². The zero-order valence-corrected chi connectivity index (χ0v) is 10.2. The molecule has 4 heteroatoms. The maximum atomic E-state index is 11.1. The monoisotopic (exact) mass is 235 g/mol. The first kappa shape index (κ1) is 13.2. The second-order valence-electron chi connectivity index (χ2n) is 3.52. The fourth-order valence-corrected chi connectivity index (χ4v) is 1.23. The maximum absolute atomic E-state index is 11.1. The first-order valence-electron chi connectivity index (χ1n) is 5.54. The standard InChI is InChI=1S/C13H17NO3/c1-3-12(9-13(15)16-2)14-17-10-11-7-5-4-6-8-11/h4-8H,3,9-10H2,1-2H3. The molecule has 0 radical (unpaired) electrons. The summed E-state index contributed by atoms with van der Waals surface area (Å²) < 4.78 is 4.57. The van der Waals surface area contributed by atoms with E-state index in [1.54, 1.807) is 0 Å². The van der Waals surface area contributed by atoms with Crippen molar-refractivity contribution >= 4 is 11.7 Å². The Labute approximate surface area is 101 Å². The average Bonchev–Trinajstić information content (AvgIpc) is 2.38. The number of rotatable bonds is 6. The number of hydrogen-bond donors (Lipinski definition) is 0. The van der Waals surface area contributed by atoms with Crippen LogP contribution in [0.4, 0.5) is 0 Å². The molecule has 0 aliphatic heterocycles. The number of ether oxygens (including phenoxy) is 1. The normalized spacial score (nSPS) is 11.1. The Morgan fingerprint density at radius 2 is 2.00 bits per heavy atom. The van der Waals surface area contributed by atoms with Gasteiger partial charge in [0.1, 0.15) is 6.61 Å². The van der Waals surface area contributed by atoms with Gasteiger partial charge in [-0.15, -0.1) is 0 Å². The molecule has 17 heavy (non-hydrogen) atoms. The predicted octanol–water partition coefficient (Wildman–Crippen LogP) is 2.53. The van der Waals surface area contributed by atoms with Crippen LogP contribution in [0.15, 0.2) is 35.5 Å². The van der Waals surface area contributed by atoms with Gasteiger partial charge >= 0.3 is 5.97 Å². The molecule has 0 N–H and O–H groups in total. The van der Waals surface area contributed by atoms with Crippen LogP contribution in [-0.4, -0.2) is 18.8 Å². The quantitative estimate of drug-likeness (QED) is 0.432. The Balaban J connectivity index is 2.43. The average molecular weight is 235 g/mol. The summed E-state index contributed by atoms with van der Waals surface area (Å²) in [6.45, 7) is 2.33. The molecule has 0 aliphatic rings. The van der Waals surface area contributed by atoms with Crippen LogP contribution in [0.25, 0.3) is 0 Å². The lowest BCUT2D eigenvalue weighted by Crippen LogP contribution is -2.09. The van der Waals surface area contributed by atoms with E-state index in [0.29, 0.717) is 18.7 Å². The molecule has 0 spiro atoms. The van der Waals surface area contributed by atoms with Crippen LogP contribution >= 0.6 is 0 Å². The minimum Gasteiger partial charge on any atom is -0.469 e. The molecule has 0 saturated heterocycles. The third kappa shape index (κ3) is 5.15. The third-order valence-electron chi connectivity index (χ3n) is 2.25. The second kappa shape index (κ2) is 7.44. The highest BCUT2D eigenvalue weighted by molar-refractivity contribution is 5.98. The van der Waals surface area contributed by atoms with Crippen LogP contribution in [0, 0.1) is 0 Å². The Morgan fingerprint density at radius 1 is 1.29 bits per heavy atom. The molecule has 0 unspecified atom stereocenters. The molecule has 0 aromatic heterocycles. The number of hydrogen-bond acceptors (Lipinski definition) is 4. The number of esters is 1. The molecule has 1 rings (SSSR count). The van der Waals surface area contributed by atoms with Crippen LogP contribution in [0.3, 0.4) is 0 Å². The van der Waals surface area contributed by atoms with Gasteiger partial charge in [-0.2, -0.15) is 0 Å². The van der Waals surface area contributed by atoms with Gasteiger partial charge in [0.05, 0.1) is 19.2 Å². The van der Waals surface area contributed by atoms with Gasteiger partial charge in [-0.1, -0.05) is 42.4 Å². The summed E-state index contributed by atoms with van der Waals surface area (Å²) in [5.74, 6) is -0.297. The molecular weight excluding hydrogens is 218 g/mol. The van der Waals surface area contributed by atoms with Crippen LogP contribution in [0.1, 0.15) is 25.3 Å². The minimum atomic E-state index is -0.297. The zero-order chi connectivity index (χ0) is 12.5. The molecule has 4 nitrogen and oxygen atoms in total. The molecule has 1 aromatic rings. The van der Waals surface area contributed by atoms with E-state index in [2.05, 4.69) is 9.89 Å². The molecule has 92 valence electrons. The van der Waals surface area contributed by atoms with E-state index in [1.165, 1.54) is 7.11 Å². The number of carbonyl (C=O) groups is 1. The van der Waals surface area contributed by atoms with Crippen molar-refractivity contribution < 1.29 is 14.4 Å². The van der Waals surface area contributed by atoms with Gasteiger partial charge in [-0.05, 0) is 12.0 Å². The highest BCUT2D eigenvalue weighted by Gasteiger charge is 2.06. The van der Waals surface area contributed by atoms with Gasteiger partial charge in [-0.25, -0.2) is 0 Å². The van der Waals surface area contributed by atoms with Crippen molar-refractivity contribution in [2.24, 2.45) is 5.16 Å². The van der Waals surface area contributed by atoms with Crippen LogP contribution in [0.2, 0.25) is 0 Å². The smallest absolute Gasteiger partial charge is 0.311 e. The first-order chi connectivity index (χ1) is 8.26. The Kier molecular flexibility index (Phi) is 5.79. The lowest BCUT2D eigenvalue weighted by molar-refractivity contribution is -0.139. The number of methoxy groups -OCH3 is 1. The van der Waals surface area contributed by atoms with Crippen molar-refractivity contribution in [2.75, 3.05) is 7.11 Å². The largest absolute Gasteiger partial charge is 0.469 e. The number of oxime groups is 1. The number of carbonyl (C=O) groups excluding carboxylic acids is 1. The van der Waals surface area contributed by atoms with E-state index >= 15 is 0 Å². The summed E-state index contributed by atoms with van der Waals surface area (Å²) in [6, 6.07) is 9.75. The van der Waals surface area contributed by atoms with Crippen molar-refractivity contribution in [3.05, 3.63) is 35.9 Å². The molecule has 0 saturated carbocycles. The van der Waals surface area contributed by atoms with Crippen molar-refractivity contribution in [1.82, 2.24) is 0 Å². The van der Waals surface area contributed by atoms with Gasteiger partial charge in [0.15, 0.2) is 0 Å².